The third kappa shape index (κ3) is 26.9. The summed E-state index contributed by atoms with van der Waals surface area (Å²) in [4.78, 5) is 75.9. The molecule has 0 unspecified atom stereocenters. The number of unbranched alkanes of at least 4 members (excludes halogenated alkanes) is 3. The Bertz CT molecular complexity index is 1640. The van der Waals surface area contributed by atoms with Crippen LogP contribution in [0.25, 0.3) is 0 Å². The van der Waals surface area contributed by atoms with Gasteiger partial charge in [0.1, 0.15) is 30.9 Å². The minimum absolute atomic E-state index is 0.103. The van der Waals surface area contributed by atoms with E-state index in [0.29, 0.717) is 72.2 Å². The van der Waals surface area contributed by atoms with Gasteiger partial charge >= 0.3 is 5.97 Å². The zero-order valence-corrected chi connectivity index (χ0v) is 37.6. The monoisotopic (exact) mass is 854 g/mol. The van der Waals surface area contributed by atoms with Gasteiger partial charge in [0.2, 0.25) is 11.8 Å². The van der Waals surface area contributed by atoms with Gasteiger partial charge in [-0.25, -0.2) is 4.79 Å². The molecule has 6 N–H and O–H groups in total. The summed E-state index contributed by atoms with van der Waals surface area (Å²) in [6.45, 7) is 6.22. The van der Waals surface area contributed by atoms with Crippen LogP contribution in [0.1, 0.15) is 83.8 Å². The number of quaternary nitrogens is 2. The van der Waals surface area contributed by atoms with Crippen LogP contribution in [0.3, 0.4) is 0 Å². The van der Waals surface area contributed by atoms with Crippen molar-refractivity contribution in [2.75, 3.05) is 75.1 Å². The van der Waals surface area contributed by atoms with Crippen molar-refractivity contribution in [1.82, 2.24) is 61.7 Å². The van der Waals surface area contributed by atoms with E-state index in [0.717, 1.165) is 12.8 Å². The third-order valence-corrected chi connectivity index (χ3v) is 7.78. The van der Waals surface area contributed by atoms with Crippen molar-refractivity contribution in [3.8, 4) is 0 Å². The number of carbonyl (C=O) groups is 6. The maximum atomic E-state index is 12.7. The van der Waals surface area contributed by atoms with Gasteiger partial charge in [0.15, 0.2) is 30.5 Å². The van der Waals surface area contributed by atoms with Crippen LogP contribution in [0, 0.1) is 0 Å². The number of esters is 1. The number of nitrogens with two attached hydrogens (primary N) is 1. The van der Waals surface area contributed by atoms with E-state index in [2.05, 4.69) is 52.1 Å². The molecule has 0 saturated heterocycles. The van der Waals surface area contributed by atoms with Gasteiger partial charge in [-0.05, 0) is 69.8 Å². The highest BCUT2D eigenvalue weighted by atomic mass is 16.6. The second-order valence-corrected chi connectivity index (χ2v) is 17.5. The first-order valence-electron chi connectivity index (χ1n) is 20.1. The number of tetrazole rings is 2. The van der Waals surface area contributed by atoms with Crippen LogP contribution in [0.4, 0.5) is 0 Å². The van der Waals surface area contributed by atoms with Crippen LogP contribution < -0.4 is 27.0 Å². The Labute approximate surface area is 353 Å². The number of aryl methyl sites for hydroxylation is 2. The fraction of sp³-hybridized carbons (Fsp3) is 0.784. The number of ether oxygens (including phenoxy) is 2. The van der Waals surface area contributed by atoms with Crippen molar-refractivity contribution in [3.05, 3.63) is 11.6 Å². The number of carbonyl (C=O) groups excluding carboxylic acids is 6. The van der Waals surface area contributed by atoms with Crippen LogP contribution in [0.2, 0.25) is 0 Å². The van der Waals surface area contributed by atoms with Crippen molar-refractivity contribution in [2.24, 2.45) is 19.8 Å². The Morgan fingerprint density at radius 1 is 0.683 bits per heavy atom. The molecule has 60 heavy (non-hydrogen) atoms. The predicted octanol–water partition coefficient (Wildman–Crippen LogP) is -1.96. The molecule has 0 saturated carbocycles. The normalized spacial score (nSPS) is 12.7. The van der Waals surface area contributed by atoms with Crippen molar-refractivity contribution in [3.63, 3.8) is 0 Å². The highest BCUT2D eigenvalue weighted by Crippen LogP contribution is 2.09. The average molecular weight is 854 g/mol. The lowest BCUT2D eigenvalue weighted by Gasteiger charge is -2.25. The lowest BCUT2D eigenvalue weighted by Crippen LogP contribution is -2.51. The van der Waals surface area contributed by atoms with Gasteiger partial charge in [-0.15, -0.1) is 20.4 Å². The molecule has 0 bridgehead atoms. The SMILES string of the molecule is Cn1nnc(CNC(=O)[C@H](CCCCCC(=O)COCC(=O)OC(C)(C)C)NC(=O)C[N+](C)(C)C)n1.Cn1nnc(CNC(=O)[C@H](CCCCN)NC(=O)C[N+](C)(C)C)n1. The Morgan fingerprint density at radius 3 is 1.52 bits per heavy atom. The summed E-state index contributed by atoms with van der Waals surface area (Å²) >= 11 is 0. The Morgan fingerprint density at radius 2 is 1.13 bits per heavy atom. The number of aromatic nitrogens is 8. The van der Waals surface area contributed by atoms with Crippen molar-refractivity contribution < 1.29 is 47.2 Å². The molecule has 23 heteroatoms. The molecule has 23 nitrogen and oxygen atoms in total. The summed E-state index contributed by atoms with van der Waals surface area (Å²) in [6, 6.07) is -1.30. The van der Waals surface area contributed by atoms with Crippen LogP contribution in [-0.4, -0.2) is 178 Å². The number of likely N-dealkylation sites (N-methyl/N-ethyl adjacent to an activating group) is 2. The van der Waals surface area contributed by atoms with Crippen LogP contribution >= 0.6 is 0 Å². The molecule has 0 fully saturated rings. The quantitative estimate of drug-likeness (QED) is 0.0390. The van der Waals surface area contributed by atoms with E-state index >= 15 is 0 Å². The van der Waals surface area contributed by atoms with E-state index in [9.17, 15) is 28.8 Å². The molecular formula is C37H71N15O8+2. The molecule has 0 aliphatic heterocycles. The van der Waals surface area contributed by atoms with E-state index in [4.69, 9.17) is 15.2 Å². The second-order valence-electron chi connectivity index (χ2n) is 17.5. The molecule has 2 atom stereocenters. The molecule has 0 radical (unpaired) electrons. The summed E-state index contributed by atoms with van der Waals surface area (Å²) in [5.74, 6) is -0.801. The topological polar surface area (TPSA) is 282 Å². The number of hydrogen-bond donors (Lipinski definition) is 5. The number of nitrogens with zero attached hydrogens (tertiary/aromatic N) is 10. The molecule has 4 amide bonds. The number of rotatable bonds is 26. The smallest absolute Gasteiger partial charge is 0.332 e. The van der Waals surface area contributed by atoms with Crippen molar-refractivity contribution in [1.29, 1.82) is 0 Å². The van der Waals surface area contributed by atoms with Crippen molar-refractivity contribution >= 4 is 35.4 Å². The molecule has 0 aromatic carbocycles. The maximum absolute atomic E-state index is 12.7. The van der Waals surface area contributed by atoms with Crippen LogP contribution in [-0.2, 0) is 65.4 Å². The third-order valence-electron chi connectivity index (χ3n) is 7.78. The van der Waals surface area contributed by atoms with Gasteiger partial charge < -0.3 is 45.4 Å². The fourth-order valence-corrected chi connectivity index (χ4v) is 5.28. The standard InChI is InChI=1S/C23H41N7O6.C14H28N8O2/c1-23(2,3)36-21(33)16-35-15-17(31)11-9-8-10-12-18(25-20(32)14-30(5,6)7)22(34)24-13-19-26-28-29(4)27-19;1-21-19-12(18-20-21)9-16-14(24)11(7-5-6-8-15)17-13(23)10-22(2,3)4/h18H,8-16H2,1-7H3,(H-,24,25,32,34);11H,5-10,15H2,1-4H3,(H-,16,17,23,24)/p+2/t18-;11-/m00/s1. The molecule has 0 aliphatic carbocycles. The van der Waals surface area contributed by atoms with Gasteiger partial charge in [0.05, 0.1) is 69.5 Å². The van der Waals surface area contributed by atoms with Gasteiger partial charge in [0, 0.05) is 6.42 Å². The number of amides is 4. The second kappa shape index (κ2) is 26.3. The highest BCUT2D eigenvalue weighted by Gasteiger charge is 2.25. The Hall–Kier alpha value is -5.00. The predicted molar refractivity (Wildman–Crippen MR) is 219 cm³/mol. The van der Waals surface area contributed by atoms with E-state index in [1.165, 1.54) is 9.59 Å². The van der Waals surface area contributed by atoms with Gasteiger partial charge in [-0.1, -0.05) is 12.8 Å². The lowest BCUT2D eigenvalue weighted by molar-refractivity contribution is -0.862. The maximum Gasteiger partial charge on any atom is 0.332 e. The number of nitrogens with one attached hydrogen (secondary N) is 4. The largest absolute Gasteiger partial charge is 0.458 e. The molecule has 2 aromatic heterocycles. The molecule has 0 spiro atoms. The number of Topliss-reactive ketones (excluding diaryl/α,β-unsaturated/α-hetero) is 1. The van der Waals surface area contributed by atoms with E-state index < -0.39 is 23.7 Å². The lowest BCUT2D eigenvalue weighted by atomic mass is 10.0. The first-order chi connectivity index (χ1) is 27.9. The van der Waals surface area contributed by atoms with E-state index in [1.54, 1.807) is 34.9 Å². The zero-order chi connectivity index (χ0) is 45.5. The summed E-state index contributed by atoms with van der Waals surface area (Å²) in [7, 11) is 14.7. The van der Waals surface area contributed by atoms with E-state index in [1.807, 2.05) is 42.3 Å². The summed E-state index contributed by atoms with van der Waals surface area (Å²) in [5.41, 5.74) is 4.90. The minimum atomic E-state index is -0.714. The first kappa shape index (κ1) is 53.0. The minimum Gasteiger partial charge on any atom is -0.458 e. The summed E-state index contributed by atoms with van der Waals surface area (Å²) in [6.07, 6.45) is 4.78. The average Bonchev–Trinajstić information content (AvgIpc) is 3.73. The van der Waals surface area contributed by atoms with E-state index in [-0.39, 0.29) is 62.3 Å². The summed E-state index contributed by atoms with van der Waals surface area (Å²) in [5, 5.41) is 34.2. The van der Waals surface area contributed by atoms with Gasteiger partial charge in [-0.2, -0.15) is 9.59 Å². The Kier molecular flexibility index (Phi) is 23.2. The van der Waals surface area contributed by atoms with Gasteiger partial charge in [-0.3, -0.25) is 24.0 Å². The molecular weight excluding hydrogens is 783 g/mol. The fourth-order valence-electron chi connectivity index (χ4n) is 5.28. The highest BCUT2D eigenvalue weighted by molar-refractivity contribution is 5.88. The van der Waals surface area contributed by atoms with Gasteiger partial charge in [0.25, 0.3) is 11.8 Å². The van der Waals surface area contributed by atoms with Crippen LogP contribution in [0.15, 0.2) is 0 Å². The van der Waals surface area contributed by atoms with Crippen LogP contribution in [0.5, 0.6) is 0 Å². The number of hydrogen-bond acceptors (Lipinski definition) is 15. The molecule has 340 valence electrons. The zero-order valence-electron chi connectivity index (χ0n) is 37.6. The molecule has 2 rings (SSSR count). The first-order valence-corrected chi connectivity index (χ1v) is 20.1. The number of ketones is 1. The van der Waals surface area contributed by atoms with Crippen molar-refractivity contribution in [2.45, 2.75) is 103 Å². The molecule has 2 aromatic rings. The molecule has 0 aliphatic rings. The molecule has 2 heterocycles. The summed E-state index contributed by atoms with van der Waals surface area (Å²) < 4.78 is 11.2. The Balaban J connectivity index is 0.000000650.